The van der Waals surface area contributed by atoms with E-state index in [1.165, 1.54) is 4.90 Å². The Labute approximate surface area is 170 Å². The molecule has 8 heteroatoms. The molecule has 0 radical (unpaired) electrons. The van der Waals surface area contributed by atoms with Crippen LogP contribution in [0.25, 0.3) is 0 Å². The van der Waals surface area contributed by atoms with Gasteiger partial charge in [-0.3, -0.25) is 14.4 Å². The van der Waals surface area contributed by atoms with Gasteiger partial charge < -0.3 is 24.2 Å². The molecule has 156 valence electrons. The Morgan fingerprint density at radius 3 is 2.28 bits per heavy atom. The third kappa shape index (κ3) is 4.13. The topological polar surface area (TPSA) is 79.4 Å². The SMILES string of the molecule is Cc1ccccc1CN1CCN(CC(=O)N2CCC3(CC2)OCCO3)C(=O)C1=O. The van der Waals surface area contributed by atoms with Crippen molar-refractivity contribution in [3.8, 4) is 0 Å². The van der Waals surface area contributed by atoms with Gasteiger partial charge in [0.25, 0.3) is 0 Å². The summed E-state index contributed by atoms with van der Waals surface area (Å²) in [5, 5.41) is 0. The van der Waals surface area contributed by atoms with Crippen molar-refractivity contribution in [1.82, 2.24) is 14.7 Å². The number of hydrogen-bond acceptors (Lipinski definition) is 5. The van der Waals surface area contributed by atoms with Gasteiger partial charge in [0.15, 0.2) is 5.79 Å². The first-order valence-electron chi connectivity index (χ1n) is 10.2. The minimum Gasteiger partial charge on any atom is -0.347 e. The van der Waals surface area contributed by atoms with E-state index in [2.05, 4.69) is 0 Å². The Balaban J connectivity index is 1.30. The molecule has 1 spiro atoms. The van der Waals surface area contributed by atoms with Gasteiger partial charge in [0.05, 0.1) is 13.2 Å². The molecule has 0 unspecified atom stereocenters. The zero-order chi connectivity index (χ0) is 20.4. The van der Waals surface area contributed by atoms with E-state index in [1.54, 1.807) is 9.80 Å². The van der Waals surface area contributed by atoms with Crippen LogP contribution in [0.15, 0.2) is 24.3 Å². The number of amides is 3. The number of rotatable bonds is 4. The third-order valence-corrected chi connectivity index (χ3v) is 6.04. The van der Waals surface area contributed by atoms with E-state index in [4.69, 9.17) is 9.47 Å². The molecule has 0 bridgehead atoms. The van der Waals surface area contributed by atoms with Crippen LogP contribution in [0.1, 0.15) is 24.0 Å². The molecule has 3 aliphatic rings. The van der Waals surface area contributed by atoms with Crippen LogP contribution in [-0.2, 0) is 30.4 Å². The van der Waals surface area contributed by atoms with Gasteiger partial charge in [0.1, 0.15) is 6.54 Å². The lowest BCUT2D eigenvalue weighted by molar-refractivity contribution is -0.188. The van der Waals surface area contributed by atoms with Crippen molar-refractivity contribution in [2.24, 2.45) is 0 Å². The van der Waals surface area contributed by atoms with Crippen molar-refractivity contribution >= 4 is 17.7 Å². The number of benzene rings is 1. The number of carbonyl (C=O) groups excluding carboxylic acids is 3. The second kappa shape index (κ2) is 8.12. The molecular weight excluding hydrogens is 374 g/mol. The van der Waals surface area contributed by atoms with Gasteiger partial charge in [-0.05, 0) is 18.1 Å². The maximum absolute atomic E-state index is 12.7. The van der Waals surface area contributed by atoms with Crippen LogP contribution in [-0.4, -0.2) is 84.1 Å². The average Bonchev–Trinajstić information content (AvgIpc) is 3.17. The monoisotopic (exact) mass is 401 g/mol. The summed E-state index contributed by atoms with van der Waals surface area (Å²) in [6.07, 6.45) is 1.27. The second-order valence-corrected chi connectivity index (χ2v) is 7.87. The van der Waals surface area contributed by atoms with E-state index in [1.807, 2.05) is 31.2 Å². The fourth-order valence-electron chi connectivity index (χ4n) is 4.16. The first kappa shape index (κ1) is 19.8. The predicted molar refractivity (Wildman–Crippen MR) is 104 cm³/mol. The summed E-state index contributed by atoms with van der Waals surface area (Å²) >= 11 is 0. The minimum atomic E-state index is -0.603. The smallest absolute Gasteiger partial charge is 0.312 e. The number of piperidine rings is 1. The summed E-state index contributed by atoms with van der Waals surface area (Å²) in [6, 6.07) is 7.82. The van der Waals surface area contributed by atoms with E-state index >= 15 is 0 Å². The van der Waals surface area contributed by atoms with Crippen LogP contribution in [0.5, 0.6) is 0 Å². The highest BCUT2D eigenvalue weighted by Gasteiger charge is 2.41. The fourth-order valence-corrected chi connectivity index (χ4v) is 4.16. The van der Waals surface area contributed by atoms with Crippen molar-refractivity contribution in [2.45, 2.75) is 32.1 Å². The third-order valence-electron chi connectivity index (χ3n) is 6.04. The summed E-state index contributed by atoms with van der Waals surface area (Å²) in [6.45, 7) is 5.39. The van der Waals surface area contributed by atoms with E-state index in [-0.39, 0.29) is 12.5 Å². The lowest BCUT2D eigenvalue weighted by Crippen LogP contribution is -2.57. The largest absolute Gasteiger partial charge is 0.347 e. The second-order valence-electron chi connectivity index (χ2n) is 7.87. The molecule has 3 amide bonds. The first-order chi connectivity index (χ1) is 14.0. The van der Waals surface area contributed by atoms with E-state index in [9.17, 15) is 14.4 Å². The van der Waals surface area contributed by atoms with Crippen LogP contribution in [0.3, 0.4) is 0 Å². The van der Waals surface area contributed by atoms with Crippen LogP contribution in [0.4, 0.5) is 0 Å². The maximum Gasteiger partial charge on any atom is 0.312 e. The van der Waals surface area contributed by atoms with Crippen LogP contribution in [0, 0.1) is 6.92 Å². The van der Waals surface area contributed by atoms with Crippen molar-refractivity contribution in [3.63, 3.8) is 0 Å². The Kier molecular flexibility index (Phi) is 5.56. The van der Waals surface area contributed by atoms with E-state index in [0.717, 1.165) is 11.1 Å². The Morgan fingerprint density at radius 2 is 1.59 bits per heavy atom. The van der Waals surface area contributed by atoms with Gasteiger partial charge >= 0.3 is 11.8 Å². The zero-order valence-electron chi connectivity index (χ0n) is 16.8. The molecule has 1 aromatic carbocycles. The maximum atomic E-state index is 12.7. The standard InChI is InChI=1S/C21H27N3O5/c1-16-4-2-3-5-17(16)14-23-10-11-24(20(27)19(23)26)15-18(25)22-8-6-21(7-9-22)28-12-13-29-21/h2-5H,6-15H2,1H3. The molecule has 8 nitrogen and oxygen atoms in total. The fraction of sp³-hybridized carbons (Fsp3) is 0.571. The van der Waals surface area contributed by atoms with Crippen LogP contribution in [0.2, 0.25) is 0 Å². The number of likely N-dealkylation sites (tertiary alicyclic amines) is 1. The van der Waals surface area contributed by atoms with Crippen LogP contribution >= 0.6 is 0 Å². The number of hydrogen-bond donors (Lipinski definition) is 0. The van der Waals surface area contributed by atoms with Crippen molar-refractivity contribution in [3.05, 3.63) is 35.4 Å². The first-order valence-corrected chi connectivity index (χ1v) is 10.2. The summed E-state index contributed by atoms with van der Waals surface area (Å²) < 4.78 is 11.4. The van der Waals surface area contributed by atoms with E-state index in [0.29, 0.717) is 58.8 Å². The van der Waals surface area contributed by atoms with Crippen molar-refractivity contribution < 1.29 is 23.9 Å². The molecule has 0 aromatic heterocycles. The molecule has 3 heterocycles. The van der Waals surface area contributed by atoms with Gasteiger partial charge in [-0.15, -0.1) is 0 Å². The van der Waals surface area contributed by atoms with Gasteiger partial charge in [0.2, 0.25) is 5.91 Å². The number of aryl methyl sites for hydroxylation is 1. The highest BCUT2D eigenvalue weighted by molar-refractivity contribution is 6.35. The normalized spacial score (nSPS) is 21.9. The van der Waals surface area contributed by atoms with Crippen molar-refractivity contribution in [2.75, 3.05) is 45.9 Å². The lowest BCUT2D eigenvalue weighted by atomic mass is 10.0. The molecule has 4 rings (SSSR count). The molecule has 0 aliphatic carbocycles. The Hall–Kier alpha value is -2.45. The van der Waals surface area contributed by atoms with Gasteiger partial charge in [-0.25, -0.2) is 0 Å². The highest BCUT2D eigenvalue weighted by Crippen LogP contribution is 2.31. The Bertz CT molecular complexity index is 795. The summed E-state index contributed by atoms with van der Waals surface area (Å²) in [5.41, 5.74) is 2.11. The number of piperazine rings is 1. The van der Waals surface area contributed by atoms with Crippen molar-refractivity contribution in [1.29, 1.82) is 0 Å². The lowest BCUT2D eigenvalue weighted by Gasteiger charge is -2.39. The molecule has 1 aromatic rings. The summed E-state index contributed by atoms with van der Waals surface area (Å²) in [7, 11) is 0. The molecule has 0 atom stereocenters. The highest BCUT2D eigenvalue weighted by atomic mass is 16.7. The molecule has 3 fully saturated rings. The van der Waals surface area contributed by atoms with Gasteiger partial charge in [-0.2, -0.15) is 0 Å². The van der Waals surface area contributed by atoms with Gasteiger partial charge in [0, 0.05) is 45.6 Å². The molecule has 3 aliphatic heterocycles. The zero-order valence-corrected chi connectivity index (χ0v) is 16.8. The Morgan fingerprint density at radius 1 is 0.966 bits per heavy atom. The molecule has 3 saturated heterocycles. The quantitative estimate of drug-likeness (QED) is 0.688. The number of ether oxygens (including phenoxy) is 2. The number of nitrogens with zero attached hydrogens (tertiary/aromatic N) is 3. The molecular formula is C21H27N3O5. The average molecular weight is 401 g/mol. The van der Waals surface area contributed by atoms with Crippen LogP contribution < -0.4 is 0 Å². The predicted octanol–water partition coefficient (Wildman–Crippen LogP) is 0.531. The molecule has 29 heavy (non-hydrogen) atoms. The summed E-state index contributed by atoms with van der Waals surface area (Å²) in [5.74, 6) is -1.82. The molecule has 0 saturated carbocycles. The van der Waals surface area contributed by atoms with E-state index < -0.39 is 17.6 Å². The summed E-state index contributed by atoms with van der Waals surface area (Å²) in [4.78, 5) is 42.4. The van der Waals surface area contributed by atoms with Gasteiger partial charge in [-0.1, -0.05) is 24.3 Å². The number of carbonyl (C=O) groups is 3. The minimum absolute atomic E-state index is 0.0580. The molecule has 0 N–H and O–H groups in total.